The maximum atomic E-state index is 12.6. The Morgan fingerprint density at radius 3 is 2.20 bits per heavy atom. The highest BCUT2D eigenvalue weighted by Crippen LogP contribution is 2.34. The van der Waals surface area contributed by atoms with Crippen LogP contribution in [0.4, 0.5) is 5.69 Å². The number of ether oxygens (including phenoxy) is 1. The van der Waals surface area contributed by atoms with E-state index in [9.17, 15) is 9.90 Å². The molecular weight excluding hydrogens is 380 g/mol. The van der Waals surface area contributed by atoms with Gasteiger partial charge in [-0.25, -0.2) is 0 Å². The number of benzene rings is 2. The third kappa shape index (κ3) is 4.97. The first-order chi connectivity index (χ1) is 14.1. The van der Waals surface area contributed by atoms with Crippen LogP contribution in [0.1, 0.15) is 50.3 Å². The van der Waals surface area contributed by atoms with E-state index in [2.05, 4.69) is 5.32 Å². The van der Waals surface area contributed by atoms with Gasteiger partial charge in [0.1, 0.15) is 17.3 Å². The van der Waals surface area contributed by atoms with Crippen LogP contribution in [-0.4, -0.2) is 35.8 Å². The molecule has 7 nitrogen and oxygen atoms in total. The fourth-order valence-corrected chi connectivity index (χ4v) is 3.02. The first-order valence-electron chi connectivity index (χ1n) is 9.82. The van der Waals surface area contributed by atoms with E-state index in [1.54, 1.807) is 32.0 Å². The third-order valence-corrected chi connectivity index (χ3v) is 4.60. The second-order valence-corrected chi connectivity index (χ2v) is 7.76. The highest BCUT2D eigenvalue weighted by atomic mass is 16.5. The molecule has 0 aromatic heterocycles. The number of carbonyl (C=O) groups is 1. The molecule has 160 valence electrons. The number of anilines is 1. The highest BCUT2D eigenvalue weighted by Gasteiger charge is 2.27. The van der Waals surface area contributed by atoms with E-state index in [-0.39, 0.29) is 29.1 Å². The average molecular weight is 411 g/mol. The average Bonchev–Trinajstić information content (AvgIpc) is 2.68. The van der Waals surface area contributed by atoms with Crippen molar-refractivity contribution in [1.82, 2.24) is 5.32 Å². The summed E-state index contributed by atoms with van der Waals surface area (Å²) >= 11 is 0. The zero-order chi connectivity index (χ0) is 22.6. The summed E-state index contributed by atoms with van der Waals surface area (Å²) in [5.41, 5.74) is 2.52. The molecule has 1 amide bonds. The first kappa shape index (κ1) is 22.9. The van der Waals surface area contributed by atoms with Gasteiger partial charge in [0.2, 0.25) is 0 Å². The topological polar surface area (TPSA) is 110 Å². The molecule has 2 rings (SSSR count). The number of amidine groups is 2. The number of hydrogen-bond acceptors (Lipinski definition) is 5. The van der Waals surface area contributed by atoms with Crippen molar-refractivity contribution < 1.29 is 14.6 Å². The fraction of sp³-hybridized carbons (Fsp3) is 0.348. The molecule has 0 radical (unpaired) electrons. The number of aryl methyl sites for hydroxylation is 1. The lowest BCUT2D eigenvalue weighted by atomic mass is 9.98. The van der Waals surface area contributed by atoms with Crippen LogP contribution in [0.25, 0.3) is 0 Å². The lowest BCUT2D eigenvalue weighted by Gasteiger charge is -2.27. The molecular formula is C23H30N4O3. The van der Waals surface area contributed by atoms with Crippen LogP contribution in [0, 0.1) is 17.7 Å². The van der Waals surface area contributed by atoms with E-state index < -0.39 is 11.7 Å². The number of nitrogens with one attached hydrogen (secondary N) is 3. The van der Waals surface area contributed by atoms with E-state index in [1.807, 2.05) is 32.9 Å². The quantitative estimate of drug-likeness (QED) is 0.438. The molecule has 2 aromatic rings. The molecule has 0 fully saturated rings. The molecule has 7 heteroatoms. The predicted octanol–water partition coefficient (Wildman–Crippen LogP) is 4.17. The van der Waals surface area contributed by atoms with Gasteiger partial charge in [0.05, 0.1) is 12.7 Å². The molecule has 2 aromatic carbocycles. The number of nitrogens with zero attached hydrogens (tertiary/aromatic N) is 1. The molecule has 0 unspecified atom stereocenters. The van der Waals surface area contributed by atoms with Gasteiger partial charge in [0, 0.05) is 17.8 Å². The molecule has 30 heavy (non-hydrogen) atoms. The standard InChI is InChI=1S/C23H30N4O3/c1-13(2)17-11-18(19(28)12-20(17)30-6)21(24)27(16-9-7-15(5)8-10-16)22(25)23(29)26-14(3)4/h7-14,24-25,28H,1-6H3,(H,26,29). The summed E-state index contributed by atoms with van der Waals surface area (Å²) in [4.78, 5) is 13.8. The number of phenolic OH excluding ortho intramolecular Hbond substituents is 1. The van der Waals surface area contributed by atoms with Crippen LogP contribution in [0.5, 0.6) is 11.5 Å². The van der Waals surface area contributed by atoms with Gasteiger partial charge in [-0.15, -0.1) is 0 Å². The largest absolute Gasteiger partial charge is 0.507 e. The van der Waals surface area contributed by atoms with Crippen molar-refractivity contribution in [3.8, 4) is 11.5 Å². The van der Waals surface area contributed by atoms with Crippen LogP contribution in [-0.2, 0) is 4.79 Å². The molecule has 0 spiro atoms. The smallest absolute Gasteiger partial charge is 0.287 e. The van der Waals surface area contributed by atoms with Crippen molar-refractivity contribution in [3.63, 3.8) is 0 Å². The lowest BCUT2D eigenvalue weighted by Crippen LogP contribution is -2.47. The van der Waals surface area contributed by atoms with Crippen molar-refractivity contribution in [3.05, 3.63) is 53.1 Å². The monoisotopic (exact) mass is 410 g/mol. The number of methoxy groups -OCH3 is 1. The lowest BCUT2D eigenvalue weighted by molar-refractivity contribution is -0.115. The van der Waals surface area contributed by atoms with Crippen molar-refractivity contribution in [2.45, 2.75) is 46.6 Å². The highest BCUT2D eigenvalue weighted by molar-refractivity contribution is 6.48. The molecule has 0 atom stereocenters. The molecule has 0 aliphatic carbocycles. The molecule has 0 bridgehead atoms. The Morgan fingerprint density at radius 1 is 1.10 bits per heavy atom. The third-order valence-electron chi connectivity index (χ3n) is 4.60. The molecule has 4 N–H and O–H groups in total. The zero-order valence-electron chi connectivity index (χ0n) is 18.3. The first-order valence-corrected chi connectivity index (χ1v) is 9.82. The zero-order valence-corrected chi connectivity index (χ0v) is 18.3. The van der Waals surface area contributed by atoms with Gasteiger partial charge in [-0.1, -0.05) is 31.5 Å². The van der Waals surface area contributed by atoms with Crippen molar-refractivity contribution in [2.75, 3.05) is 12.0 Å². The van der Waals surface area contributed by atoms with Gasteiger partial charge >= 0.3 is 0 Å². The van der Waals surface area contributed by atoms with Gasteiger partial charge in [0.15, 0.2) is 5.84 Å². The second kappa shape index (κ2) is 9.43. The Hall–Kier alpha value is -3.35. The number of phenols is 1. The Kier molecular flexibility index (Phi) is 7.21. The van der Waals surface area contributed by atoms with Crippen molar-refractivity contribution in [1.29, 1.82) is 10.8 Å². The molecule has 0 heterocycles. The summed E-state index contributed by atoms with van der Waals surface area (Å²) in [6, 6.07) is 10.2. The van der Waals surface area contributed by atoms with Gasteiger partial charge in [-0.05, 0) is 50.5 Å². The van der Waals surface area contributed by atoms with Gasteiger partial charge in [0.25, 0.3) is 5.91 Å². The van der Waals surface area contributed by atoms with Crippen LogP contribution in [0.3, 0.4) is 0 Å². The minimum absolute atomic E-state index is 0.0867. The summed E-state index contributed by atoms with van der Waals surface area (Å²) < 4.78 is 5.36. The second-order valence-electron chi connectivity index (χ2n) is 7.76. The summed E-state index contributed by atoms with van der Waals surface area (Å²) in [6.07, 6.45) is 0. The maximum absolute atomic E-state index is 12.6. The van der Waals surface area contributed by atoms with E-state index in [1.165, 1.54) is 18.1 Å². The van der Waals surface area contributed by atoms with E-state index in [0.29, 0.717) is 11.4 Å². The maximum Gasteiger partial charge on any atom is 0.287 e. The number of aromatic hydroxyl groups is 1. The number of amides is 1. The Morgan fingerprint density at radius 2 is 1.70 bits per heavy atom. The molecule has 0 aliphatic heterocycles. The predicted molar refractivity (Wildman–Crippen MR) is 120 cm³/mol. The van der Waals surface area contributed by atoms with Gasteiger partial charge in [-0.3, -0.25) is 20.5 Å². The van der Waals surface area contributed by atoms with E-state index >= 15 is 0 Å². The van der Waals surface area contributed by atoms with Gasteiger partial charge < -0.3 is 15.2 Å². The fourth-order valence-electron chi connectivity index (χ4n) is 3.02. The van der Waals surface area contributed by atoms with Crippen LogP contribution < -0.4 is 15.0 Å². The van der Waals surface area contributed by atoms with Crippen molar-refractivity contribution in [2.24, 2.45) is 0 Å². The number of rotatable bonds is 5. The molecule has 0 aliphatic rings. The van der Waals surface area contributed by atoms with Crippen LogP contribution in [0.15, 0.2) is 36.4 Å². The minimum Gasteiger partial charge on any atom is -0.507 e. The van der Waals surface area contributed by atoms with E-state index in [4.69, 9.17) is 15.6 Å². The summed E-state index contributed by atoms with van der Waals surface area (Å²) in [7, 11) is 1.52. The normalized spacial score (nSPS) is 10.8. The van der Waals surface area contributed by atoms with Crippen molar-refractivity contribution >= 4 is 23.3 Å². The van der Waals surface area contributed by atoms with Crippen LogP contribution in [0.2, 0.25) is 0 Å². The summed E-state index contributed by atoms with van der Waals surface area (Å²) in [5.74, 6) is -0.733. The van der Waals surface area contributed by atoms with Crippen LogP contribution >= 0.6 is 0 Å². The van der Waals surface area contributed by atoms with Gasteiger partial charge in [-0.2, -0.15) is 0 Å². The number of hydrogen-bond donors (Lipinski definition) is 4. The Bertz CT molecular complexity index is 950. The SMILES string of the molecule is COc1cc(O)c(C(=N)N(C(=N)C(=O)NC(C)C)c2ccc(C)cc2)cc1C(C)C. The number of carbonyl (C=O) groups excluding carboxylic acids is 1. The summed E-state index contributed by atoms with van der Waals surface area (Å²) in [6.45, 7) is 9.50. The van der Waals surface area contributed by atoms with E-state index in [0.717, 1.165) is 11.1 Å². The molecule has 0 saturated heterocycles. The Balaban J connectivity index is 2.60. The Labute approximate surface area is 177 Å². The summed E-state index contributed by atoms with van der Waals surface area (Å²) in [5, 5.41) is 30.5. The minimum atomic E-state index is -0.604. The molecule has 0 saturated carbocycles.